The van der Waals surface area contributed by atoms with Crippen LogP contribution in [0, 0.1) is 5.92 Å². The molecule has 0 amide bonds. The van der Waals surface area contributed by atoms with E-state index in [9.17, 15) is 9.36 Å². The predicted octanol–water partition coefficient (Wildman–Crippen LogP) is 2.00. The number of para-hydroxylation sites is 1. The van der Waals surface area contributed by atoms with E-state index in [0.717, 1.165) is 18.7 Å². The number of carbonyl (C=O) groups is 1. The SMILES string of the molecule is CC(C)OC(=O)CNP(=O)(OC[C@@H]1C[C@H](C)[C@H](N2C=NC3C(NC4CC4)=NC(N)=NC32)O1)Oc1ccccc1. The second kappa shape index (κ2) is 11.6. The van der Waals surface area contributed by atoms with Gasteiger partial charge in [0.25, 0.3) is 0 Å². The lowest BCUT2D eigenvalue weighted by molar-refractivity contribution is -0.145. The first kappa shape index (κ1) is 27.6. The smallest absolute Gasteiger partial charge is 0.459 e. The fourth-order valence-corrected chi connectivity index (χ4v) is 5.98. The molecule has 0 spiro atoms. The molecule has 1 aromatic rings. The Morgan fingerprint density at radius 1 is 1.28 bits per heavy atom. The van der Waals surface area contributed by atoms with Gasteiger partial charge in [-0.2, -0.15) is 4.99 Å². The first-order chi connectivity index (χ1) is 18.7. The van der Waals surface area contributed by atoms with E-state index in [0.29, 0.717) is 18.2 Å². The second-order valence-corrected chi connectivity index (χ2v) is 12.2. The quantitative estimate of drug-likeness (QED) is 0.269. The van der Waals surface area contributed by atoms with E-state index < -0.39 is 13.7 Å². The number of nitrogens with zero attached hydrogens (tertiary/aromatic N) is 4. The van der Waals surface area contributed by atoms with Crippen LogP contribution in [0.5, 0.6) is 5.75 Å². The van der Waals surface area contributed by atoms with Gasteiger partial charge in [0.2, 0.25) is 5.96 Å². The summed E-state index contributed by atoms with van der Waals surface area (Å²) in [5.74, 6) is 0.822. The molecule has 1 saturated carbocycles. The number of carbonyl (C=O) groups excluding carboxylic acids is 1. The molecule has 14 heteroatoms. The van der Waals surface area contributed by atoms with Crippen LogP contribution in [0.25, 0.3) is 0 Å². The lowest BCUT2D eigenvalue weighted by atomic mass is 10.0. The van der Waals surface area contributed by atoms with Gasteiger partial charge in [0.1, 0.15) is 30.4 Å². The Balaban J connectivity index is 1.21. The maximum atomic E-state index is 13.6. The molecule has 0 bridgehead atoms. The summed E-state index contributed by atoms with van der Waals surface area (Å²) in [7, 11) is -3.94. The van der Waals surface area contributed by atoms with Crippen molar-refractivity contribution in [3.8, 4) is 5.75 Å². The molecular weight excluding hydrogens is 525 g/mol. The number of fused-ring (bicyclic) bond motifs is 1. The van der Waals surface area contributed by atoms with Crippen LogP contribution in [0.2, 0.25) is 0 Å². The van der Waals surface area contributed by atoms with Crippen LogP contribution in [-0.4, -0.2) is 78.8 Å². The second-order valence-electron chi connectivity index (χ2n) is 10.4. The van der Waals surface area contributed by atoms with Gasteiger partial charge < -0.3 is 29.9 Å². The largest absolute Gasteiger partial charge is 0.462 e. The number of rotatable bonds is 11. The van der Waals surface area contributed by atoms with Crippen molar-refractivity contribution in [3.63, 3.8) is 0 Å². The molecule has 4 aliphatic rings. The van der Waals surface area contributed by atoms with Gasteiger partial charge in [-0.3, -0.25) is 14.3 Å². The molecule has 1 aromatic carbocycles. The van der Waals surface area contributed by atoms with Gasteiger partial charge in [-0.25, -0.2) is 14.6 Å². The number of guanidine groups is 1. The fourth-order valence-electron chi connectivity index (χ4n) is 4.69. The normalized spacial score (nSPS) is 29.4. The third-order valence-electron chi connectivity index (χ3n) is 6.59. The van der Waals surface area contributed by atoms with Gasteiger partial charge >= 0.3 is 13.7 Å². The third-order valence-corrected chi connectivity index (χ3v) is 8.07. The number of nitrogens with two attached hydrogens (primary N) is 1. The minimum absolute atomic E-state index is 0.0163. The highest BCUT2D eigenvalue weighted by atomic mass is 31.2. The van der Waals surface area contributed by atoms with Gasteiger partial charge in [0.15, 0.2) is 6.17 Å². The van der Waals surface area contributed by atoms with Crippen LogP contribution in [0.1, 0.15) is 40.0 Å². The van der Waals surface area contributed by atoms with Crippen molar-refractivity contribution in [1.82, 2.24) is 15.3 Å². The number of aliphatic imine (C=N–C) groups is 3. The highest BCUT2D eigenvalue weighted by Crippen LogP contribution is 2.45. The van der Waals surface area contributed by atoms with Crippen LogP contribution in [-0.2, 0) is 23.4 Å². The van der Waals surface area contributed by atoms with Crippen molar-refractivity contribution in [2.24, 2.45) is 26.6 Å². The van der Waals surface area contributed by atoms with Crippen molar-refractivity contribution >= 4 is 31.8 Å². The van der Waals surface area contributed by atoms with Crippen molar-refractivity contribution in [3.05, 3.63) is 30.3 Å². The minimum atomic E-state index is -3.94. The summed E-state index contributed by atoms with van der Waals surface area (Å²) in [6.45, 7) is 5.19. The Hall–Kier alpha value is -2.99. The van der Waals surface area contributed by atoms with E-state index in [1.165, 1.54) is 0 Å². The summed E-state index contributed by atoms with van der Waals surface area (Å²) in [5.41, 5.74) is 6.03. The molecular formula is C25H36N7O6P. The van der Waals surface area contributed by atoms with Gasteiger partial charge in [-0.15, -0.1) is 0 Å². The Morgan fingerprint density at radius 2 is 2.05 bits per heavy atom. The molecule has 13 nitrogen and oxygen atoms in total. The standard InChI is InChI=1S/C25H36N7O6P/c1-15(2)36-20(33)12-28-39(34,38-18-7-5-4-6-8-18)35-13-19-11-16(3)24(37-19)32-14-27-21-22(29-17-9-10-17)30-25(26)31-23(21)32/h4-8,14-17,19,21,23-24H,9-13H2,1-3H3,(H,28,34)(H3,26,29,30,31)/t16-,19-,21?,23?,24+,39?/m0/s1. The minimum Gasteiger partial charge on any atom is -0.462 e. The number of nitrogens with one attached hydrogen (secondary N) is 2. The Bertz CT molecular complexity index is 1170. The topological polar surface area (TPSA) is 161 Å². The van der Waals surface area contributed by atoms with Crippen molar-refractivity contribution < 1.29 is 27.9 Å². The Morgan fingerprint density at radius 3 is 2.77 bits per heavy atom. The zero-order valence-electron chi connectivity index (χ0n) is 22.3. The lowest BCUT2D eigenvalue weighted by Gasteiger charge is -2.33. The lowest BCUT2D eigenvalue weighted by Crippen LogP contribution is -2.52. The number of amidine groups is 1. The van der Waals surface area contributed by atoms with Gasteiger partial charge in [0.05, 0.1) is 25.2 Å². The number of esters is 1. The summed E-state index contributed by atoms with van der Waals surface area (Å²) >= 11 is 0. The van der Waals surface area contributed by atoms with Gasteiger partial charge in [-0.05, 0) is 45.2 Å². The monoisotopic (exact) mass is 561 g/mol. The average Bonchev–Trinajstić information content (AvgIpc) is 3.48. The van der Waals surface area contributed by atoms with E-state index in [2.05, 4.69) is 32.3 Å². The molecule has 39 heavy (non-hydrogen) atoms. The molecule has 6 atom stereocenters. The van der Waals surface area contributed by atoms with E-state index >= 15 is 0 Å². The third kappa shape index (κ3) is 6.96. The summed E-state index contributed by atoms with van der Waals surface area (Å²) in [6.07, 6.45) is 3.25. The molecule has 2 fully saturated rings. The van der Waals surface area contributed by atoms with E-state index in [-0.39, 0.29) is 55.7 Å². The van der Waals surface area contributed by atoms with Gasteiger partial charge in [-0.1, -0.05) is 25.1 Å². The van der Waals surface area contributed by atoms with Crippen LogP contribution in [0.15, 0.2) is 45.3 Å². The van der Waals surface area contributed by atoms with E-state index in [4.69, 9.17) is 24.3 Å². The average molecular weight is 562 g/mol. The summed E-state index contributed by atoms with van der Waals surface area (Å²) in [5, 5.41) is 6.03. The van der Waals surface area contributed by atoms with E-state index in [1.807, 2.05) is 11.0 Å². The van der Waals surface area contributed by atoms with E-state index in [1.54, 1.807) is 44.5 Å². The number of benzene rings is 1. The van der Waals surface area contributed by atoms with Crippen LogP contribution in [0.4, 0.5) is 0 Å². The number of hydrogen-bond acceptors (Lipinski definition) is 12. The zero-order chi connectivity index (χ0) is 27.6. The first-order valence-corrected chi connectivity index (χ1v) is 14.8. The molecule has 3 aliphatic heterocycles. The zero-order valence-corrected chi connectivity index (χ0v) is 23.2. The van der Waals surface area contributed by atoms with Crippen molar-refractivity contribution in [2.45, 2.75) is 76.7 Å². The molecule has 1 aliphatic carbocycles. The predicted molar refractivity (Wildman–Crippen MR) is 145 cm³/mol. The fraction of sp³-hybridized carbons (Fsp3) is 0.600. The van der Waals surface area contributed by atoms with Crippen molar-refractivity contribution in [2.75, 3.05) is 13.2 Å². The number of ether oxygens (including phenoxy) is 2. The highest BCUT2D eigenvalue weighted by molar-refractivity contribution is 7.52. The van der Waals surface area contributed by atoms with Gasteiger partial charge in [0, 0.05) is 12.0 Å². The summed E-state index contributed by atoms with van der Waals surface area (Å²) in [6, 6.07) is 8.78. The maximum absolute atomic E-state index is 13.6. The van der Waals surface area contributed by atoms with Crippen LogP contribution in [0.3, 0.4) is 0 Å². The number of hydrogen-bond donors (Lipinski definition) is 3. The summed E-state index contributed by atoms with van der Waals surface area (Å²) in [4.78, 5) is 27.6. The molecule has 1 saturated heterocycles. The molecule has 3 heterocycles. The molecule has 0 radical (unpaired) electrons. The molecule has 3 unspecified atom stereocenters. The molecule has 212 valence electrons. The van der Waals surface area contributed by atoms with Crippen LogP contribution < -0.4 is 20.7 Å². The maximum Gasteiger partial charge on any atom is 0.459 e. The molecule has 4 N–H and O–H groups in total. The molecule has 0 aromatic heterocycles. The first-order valence-electron chi connectivity index (χ1n) is 13.3. The highest BCUT2D eigenvalue weighted by Gasteiger charge is 2.46. The van der Waals surface area contributed by atoms with Crippen molar-refractivity contribution in [1.29, 1.82) is 0 Å². The Labute approximate surface area is 227 Å². The Kier molecular flexibility index (Phi) is 8.22. The van der Waals surface area contributed by atoms with Crippen LogP contribution >= 0.6 is 7.75 Å². The summed E-state index contributed by atoms with van der Waals surface area (Å²) < 4.78 is 36.5. The molecule has 5 rings (SSSR count).